The Hall–Kier alpha value is -1.30. The molecule has 3 heterocycles. The van der Waals surface area contributed by atoms with E-state index in [0.29, 0.717) is 0 Å². The molecule has 0 fully saturated rings. The SMILES string of the molecule is CC(CN1CCc2sccc2C1)C(N)c1ccc(F)cn1. The van der Waals surface area contributed by atoms with Crippen molar-refractivity contribution in [3.63, 3.8) is 0 Å². The van der Waals surface area contributed by atoms with Crippen LogP contribution >= 0.6 is 11.3 Å². The second-order valence-corrected chi connectivity index (χ2v) is 6.76. The fourth-order valence-corrected chi connectivity index (χ4v) is 3.75. The molecular formula is C16H20FN3S. The van der Waals surface area contributed by atoms with Crippen LogP contribution in [0.5, 0.6) is 0 Å². The summed E-state index contributed by atoms with van der Waals surface area (Å²) in [7, 11) is 0. The maximum Gasteiger partial charge on any atom is 0.141 e. The highest BCUT2D eigenvalue weighted by atomic mass is 32.1. The average Bonchev–Trinajstić information content (AvgIpc) is 2.95. The zero-order chi connectivity index (χ0) is 14.8. The number of thiophene rings is 1. The smallest absolute Gasteiger partial charge is 0.141 e. The van der Waals surface area contributed by atoms with Crippen molar-refractivity contribution in [1.29, 1.82) is 0 Å². The summed E-state index contributed by atoms with van der Waals surface area (Å²) < 4.78 is 12.9. The maximum atomic E-state index is 12.9. The van der Waals surface area contributed by atoms with E-state index in [1.165, 1.54) is 22.7 Å². The first kappa shape index (κ1) is 14.6. The predicted molar refractivity (Wildman–Crippen MR) is 83.6 cm³/mol. The third kappa shape index (κ3) is 3.31. The van der Waals surface area contributed by atoms with Crippen molar-refractivity contribution in [3.8, 4) is 0 Å². The van der Waals surface area contributed by atoms with Gasteiger partial charge in [0.2, 0.25) is 0 Å². The number of fused-ring (bicyclic) bond motifs is 1. The molecule has 1 aliphatic heterocycles. The summed E-state index contributed by atoms with van der Waals surface area (Å²) in [6.45, 7) is 5.17. The molecule has 3 nitrogen and oxygen atoms in total. The van der Waals surface area contributed by atoms with Crippen molar-refractivity contribution in [2.24, 2.45) is 11.7 Å². The second-order valence-electron chi connectivity index (χ2n) is 5.76. The van der Waals surface area contributed by atoms with Gasteiger partial charge in [-0.3, -0.25) is 9.88 Å². The van der Waals surface area contributed by atoms with E-state index in [1.54, 1.807) is 6.07 Å². The number of rotatable bonds is 4. The van der Waals surface area contributed by atoms with E-state index >= 15 is 0 Å². The van der Waals surface area contributed by atoms with Gasteiger partial charge >= 0.3 is 0 Å². The molecule has 0 spiro atoms. The Balaban J connectivity index is 1.61. The molecule has 5 heteroatoms. The minimum atomic E-state index is -0.320. The van der Waals surface area contributed by atoms with E-state index in [2.05, 4.69) is 28.3 Å². The van der Waals surface area contributed by atoms with Gasteiger partial charge in [-0.15, -0.1) is 11.3 Å². The quantitative estimate of drug-likeness (QED) is 0.944. The van der Waals surface area contributed by atoms with Crippen LogP contribution in [0.4, 0.5) is 4.39 Å². The second kappa shape index (κ2) is 6.22. The summed E-state index contributed by atoms with van der Waals surface area (Å²) >= 11 is 1.85. The minimum absolute atomic E-state index is 0.158. The fourth-order valence-electron chi connectivity index (χ4n) is 2.86. The molecule has 2 unspecified atom stereocenters. The lowest BCUT2D eigenvalue weighted by Crippen LogP contribution is -2.36. The summed E-state index contributed by atoms with van der Waals surface area (Å²) in [5.41, 5.74) is 8.48. The third-order valence-corrected chi connectivity index (χ3v) is 5.16. The van der Waals surface area contributed by atoms with Crippen molar-refractivity contribution in [2.45, 2.75) is 25.9 Å². The number of halogens is 1. The van der Waals surface area contributed by atoms with Crippen LogP contribution in [0.15, 0.2) is 29.8 Å². The van der Waals surface area contributed by atoms with Gasteiger partial charge in [-0.05, 0) is 41.5 Å². The highest BCUT2D eigenvalue weighted by molar-refractivity contribution is 7.10. The number of hydrogen-bond donors (Lipinski definition) is 1. The van der Waals surface area contributed by atoms with Crippen LogP contribution in [0.25, 0.3) is 0 Å². The Morgan fingerprint density at radius 1 is 1.43 bits per heavy atom. The van der Waals surface area contributed by atoms with Crippen molar-refractivity contribution >= 4 is 11.3 Å². The molecule has 0 aliphatic carbocycles. The van der Waals surface area contributed by atoms with Gasteiger partial charge in [-0.1, -0.05) is 6.92 Å². The minimum Gasteiger partial charge on any atom is -0.322 e. The Morgan fingerprint density at radius 3 is 3.05 bits per heavy atom. The summed E-state index contributed by atoms with van der Waals surface area (Å²) in [6.07, 6.45) is 2.37. The molecule has 2 aromatic rings. The van der Waals surface area contributed by atoms with Crippen molar-refractivity contribution in [1.82, 2.24) is 9.88 Å². The first-order valence-corrected chi connectivity index (χ1v) is 8.16. The topological polar surface area (TPSA) is 42.1 Å². The lowest BCUT2D eigenvalue weighted by Gasteiger charge is -2.31. The molecule has 2 atom stereocenters. The van der Waals surface area contributed by atoms with E-state index in [1.807, 2.05) is 11.3 Å². The lowest BCUT2D eigenvalue weighted by molar-refractivity contribution is 0.207. The van der Waals surface area contributed by atoms with Gasteiger partial charge in [0.1, 0.15) is 5.82 Å². The molecular weight excluding hydrogens is 285 g/mol. The monoisotopic (exact) mass is 305 g/mol. The molecule has 2 aromatic heterocycles. The van der Waals surface area contributed by atoms with Crippen LogP contribution in [-0.4, -0.2) is 23.0 Å². The molecule has 112 valence electrons. The number of pyridine rings is 1. The van der Waals surface area contributed by atoms with E-state index in [0.717, 1.165) is 31.7 Å². The highest BCUT2D eigenvalue weighted by Crippen LogP contribution is 2.26. The zero-order valence-corrected chi connectivity index (χ0v) is 12.9. The summed E-state index contributed by atoms with van der Waals surface area (Å²) in [4.78, 5) is 8.07. The first-order chi connectivity index (χ1) is 10.1. The normalized spacial score (nSPS) is 18.2. The van der Waals surface area contributed by atoms with Crippen molar-refractivity contribution in [2.75, 3.05) is 13.1 Å². The molecule has 0 bridgehead atoms. The molecule has 0 aromatic carbocycles. The van der Waals surface area contributed by atoms with Gasteiger partial charge in [0, 0.05) is 24.5 Å². The molecule has 2 N–H and O–H groups in total. The zero-order valence-electron chi connectivity index (χ0n) is 12.1. The Morgan fingerprint density at radius 2 is 2.29 bits per heavy atom. The third-order valence-electron chi connectivity index (χ3n) is 4.14. The van der Waals surface area contributed by atoms with Gasteiger partial charge < -0.3 is 5.73 Å². The van der Waals surface area contributed by atoms with Crippen LogP contribution in [0.1, 0.15) is 29.1 Å². The van der Waals surface area contributed by atoms with Crippen LogP contribution in [0.2, 0.25) is 0 Å². The Labute approximate surface area is 128 Å². The number of nitrogens with zero attached hydrogens (tertiary/aromatic N) is 2. The Kier molecular flexibility index (Phi) is 4.33. The average molecular weight is 305 g/mol. The highest BCUT2D eigenvalue weighted by Gasteiger charge is 2.22. The van der Waals surface area contributed by atoms with Gasteiger partial charge in [-0.25, -0.2) is 4.39 Å². The summed E-state index contributed by atoms with van der Waals surface area (Å²) in [5, 5.41) is 2.17. The molecule has 1 aliphatic rings. The molecule has 21 heavy (non-hydrogen) atoms. The van der Waals surface area contributed by atoms with Gasteiger partial charge in [0.15, 0.2) is 0 Å². The predicted octanol–water partition coefficient (Wildman–Crippen LogP) is 2.98. The molecule has 0 saturated heterocycles. The summed E-state index contributed by atoms with van der Waals surface area (Å²) in [5.74, 6) is -0.0391. The first-order valence-electron chi connectivity index (χ1n) is 7.28. The lowest BCUT2D eigenvalue weighted by atomic mass is 9.97. The fraction of sp³-hybridized carbons (Fsp3) is 0.438. The molecule has 0 saturated carbocycles. The molecule has 3 rings (SSSR count). The van der Waals surface area contributed by atoms with Crippen LogP contribution in [-0.2, 0) is 13.0 Å². The Bertz CT molecular complexity index is 596. The molecule has 0 radical (unpaired) electrons. The molecule has 0 amide bonds. The largest absolute Gasteiger partial charge is 0.322 e. The van der Waals surface area contributed by atoms with Crippen molar-refractivity contribution in [3.05, 3.63) is 51.7 Å². The van der Waals surface area contributed by atoms with Crippen molar-refractivity contribution < 1.29 is 4.39 Å². The van der Waals surface area contributed by atoms with Gasteiger partial charge in [-0.2, -0.15) is 0 Å². The van der Waals surface area contributed by atoms with E-state index in [9.17, 15) is 4.39 Å². The number of aromatic nitrogens is 1. The van der Waals surface area contributed by atoms with Crippen LogP contribution in [0, 0.1) is 11.7 Å². The van der Waals surface area contributed by atoms with E-state index < -0.39 is 0 Å². The van der Waals surface area contributed by atoms with E-state index in [4.69, 9.17) is 5.73 Å². The van der Waals surface area contributed by atoms with Crippen LogP contribution < -0.4 is 5.73 Å². The maximum absolute atomic E-state index is 12.9. The number of nitrogens with two attached hydrogens (primary N) is 1. The van der Waals surface area contributed by atoms with E-state index in [-0.39, 0.29) is 17.8 Å². The van der Waals surface area contributed by atoms with Gasteiger partial charge in [0.25, 0.3) is 0 Å². The standard InChI is InChI=1S/C16H20FN3S/c1-11(16(18)14-3-2-13(17)8-19-14)9-20-6-4-15-12(10-20)5-7-21-15/h2-3,5,7-8,11,16H,4,6,9-10,18H2,1H3. The summed E-state index contributed by atoms with van der Waals surface area (Å²) in [6, 6.07) is 5.17. The van der Waals surface area contributed by atoms with Crippen LogP contribution in [0.3, 0.4) is 0 Å². The van der Waals surface area contributed by atoms with Gasteiger partial charge in [0.05, 0.1) is 17.9 Å². The number of hydrogen-bond acceptors (Lipinski definition) is 4.